The average Bonchev–Trinajstić information content (AvgIpc) is 2.62. The summed E-state index contributed by atoms with van der Waals surface area (Å²) in [5.74, 6) is -1.03. The van der Waals surface area contributed by atoms with Crippen molar-refractivity contribution in [1.82, 2.24) is 9.78 Å². The molecule has 0 aliphatic heterocycles. The van der Waals surface area contributed by atoms with Crippen LogP contribution in [-0.4, -0.2) is 14.9 Å². The van der Waals surface area contributed by atoms with Gasteiger partial charge in [0, 0.05) is 29.9 Å². The van der Waals surface area contributed by atoms with E-state index in [-0.39, 0.29) is 5.56 Å². The van der Waals surface area contributed by atoms with Crippen LogP contribution >= 0.6 is 0 Å². The molecular formula is C16H20F2N2O. The molecule has 1 aromatic heterocycles. The van der Waals surface area contributed by atoms with Gasteiger partial charge in [-0.05, 0) is 25.3 Å². The minimum atomic E-state index is -1.15. The van der Waals surface area contributed by atoms with Crippen molar-refractivity contribution in [1.29, 1.82) is 0 Å². The number of hydrogen-bond acceptors (Lipinski definition) is 2. The van der Waals surface area contributed by atoms with Crippen LogP contribution in [0, 0.1) is 24.5 Å². The summed E-state index contributed by atoms with van der Waals surface area (Å²) in [6, 6.07) is 3.21. The molecule has 1 aromatic carbocycles. The van der Waals surface area contributed by atoms with Gasteiger partial charge in [0.1, 0.15) is 17.7 Å². The molecule has 0 spiro atoms. The van der Waals surface area contributed by atoms with E-state index in [4.69, 9.17) is 0 Å². The summed E-state index contributed by atoms with van der Waals surface area (Å²) in [6.07, 6.45) is -0.417. The van der Waals surface area contributed by atoms with Gasteiger partial charge in [-0.15, -0.1) is 0 Å². The van der Waals surface area contributed by atoms with Crippen molar-refractivity contribution >= 4 is 0 Å². The summed E-state index contributed by atoms with van der Waals surface area (Å²) in [7, 11) is 1.81. The monoisotopic (exact) mass is 294 g/mol. The van der Waals surface area contributed by atoms with Crippen LogP contribution in [0.2, 0.25) is 0 Å². The number of benzene rings is 1. The fraction of sp³-hybridized carbons (Fsp3) is 0.438. The maximum absolute atomic E-state index is 13.9. The molecule has 5 heteroatoms. The van der Waals surface area contributed by atoms with E-state index in [1.165, 1.54) is 6.07 Å². The SMILES string of the molecule is Cc1nn(C)c(CC(C)C)c1C(O)c1ccc(F)cc1F. The molecule has 0 fully saturated rings. The lowest BCUT2D eigenvalue weighted by Gasteiger charge is -2.15. The van der Waals surface area contributed by atoms with Gasteiger partial charge in [0.15, 0.2) is 0 Å². The van der Waals surface area contributed by atoms with Gasteiger partial charge in [-0.3, -0.25) is 4.68 Å². The van der Waals surface area contributed by atoms with Crippen LogP contribution in [0.25, 0.3) is 0 Å². The summed E-state index contributed by atoms with van der Waals surface area (Å²) >= 11 is 0. The van der Waals surface area contributed by atoms with Gasteiger partial charge in [0.05, 0.1) is 5.69 Å². The van der Waals surface area contributed by atoms with Gasteiger partial charge in [-0.25, -0.2) is 8.78 Å². The number of hydrogen-bond donors (Lipinski definition) is 1. The number of nitrogens with zero attached hydrogens (tertiary/aromatic N) is 2. The van der Waals surface area contributed by atoms with Crippen LogP contribution in [0.15, 0.2) is 18.2 Å². The Morgan fingerprint density at radius 1 is 1.29 bits per heavy atom. The lowest BCUT2D eigenvalue weighted by atomic mass is 9.95. The minimum absolute atomic E-state index is 0.0671. The normalized spacial score (nSPS) is 13.0. The zero-order valence-electron chi connectivity index (χ0n) is 12.7. The lowest BCUT2D eigenvalue weighted by Crippen LogP contribution is -2.10. The van der Waals surface area contributed by atoms with Crippen LogP contribution < -0.4 is 0 Å². The second-order valence-corrected chi connectivity index (χ2v) is 5.74. The molecule has 2 aromatic rings. The van der Waals surface area contributed by atoms with Crippen LogP contribution in [0.1, 0.15) is 42.5 Å². The van der Waals surface area contributed by atoms with E-state index in [0.717, 1.165) is 24.2 Å². The van der Waals surface area contributed by atoms with Gasteiger partial charge in [0.2, 0.25) is 0 Å². The molecule has 2 rings (SSSR count). The second-order valence-electron chi connectivity index (χ2n) is 5.74. The first kappa shape index (κ1) is 15.6. The zero-order valence-corrected chi connectivity index (χ0v) is 12.7. The molecule has 0 aliphatic carbocycles. The van der Waals surface area contributed by atoms with Crippen molar-refractivity contribution in [3.63, 3.8) is 0 Å². The maximum atomic E-state index is 13.9. The number of aliphatic hydroxyl groups excluding tert-OH is 1. The van der Waals surface area contributed by atoms with Gasteiger partial charge in [0.25, 0.3) is 0 Å². The highest BCUT2D eigenvalue weighted by atomic mass is 19.1. The largest absolute Gasteiger partial charge is 0.383 e. The first-order valence-corrected chi connectivity index (χ1v) is 6.96. The van der Waals surface area contributed by atoms with Crippen molar-refractivity contribution in [2.24, 2.45) is 13.0 Å². The van der Waals surface area contributed by atoms with Gasteiger partial charge in [-0.2, -0.15) is 5.10 Å². The first-order chi connectivity index (χ1) is 9.81. The molecule has 1 unspecified atom stereocenters. The van der Waals surface area contributed by atoms with E-state index in [1.54, 1.807) is 11.6 Å². The molecule has 1 atom stereocenters. The van der Waals surface area contributed by atoms with Crippen LogP contribution in [0.4, 0.5) is 8.78 Å². The van der Waals surface area contributed by atoms with E-state index in [2.05, 4.69) is 18.9 Å². The van der Waals surface area contributed by atoms with Gasteiger partial charge < -0.3 is 5.11 Å². The Morgan fingerprint density at radius 2 is 1.95 bits per heavy atom. The standard InChI is InChI=1S/C16H20F2N2O/c1-9(2)7-14-15(10(3)19-20(14)4)16(21)12-6-5-11(17)8-13(12)18/h5-6,8-9,16,21H,7H2,1-4H3. The Balaban J connectivity index is 2.50. The molecule has 21 heavy (non-hydrogen) atoms. The molecule has 0 saturated carbocycles. The van der Waals surface area contributed by atoms with Crippen molar-refractivity contribution in [2.75, 3.05) is 0 Å². The van der Waals surface area contributed by atoms with Crippen LogP contribution in [0.5, 0.6) is 0 Å². The summed E-state index contributed by atoms with van der Waals surface area (Å²) in [5, 5.41) is 14.9. The first-order valence-electron chi connectivity index (χ1n) is 6.96. The fourth-order valence-corrected chi connectivity index (χ4v) is 2.59. The van der Waals surface area contributed by atoms with Gasteiger partial charge in [-0.1, -0.05) is 19.9 Å². The third kappa shape index (κ3) is 3.13. The molecule has 1 heterocycles. The molecular weight excluding hydrogens is 274 g/mol. The van der Waals surface area contributed by atoms with E-state index in [0.29, 0.717) is 17.2 Å². The number of aromatic nitrogens is 2. The van der Waals surface area contributed by atoms with Crippen molar-refractivity contribution < 1.29 is 13.9 Å². The van der Waals surface area contributed by atoms with Gasteiger partial charge >= 0.3 is 0 Å². The molecule has 1 N–H and O–H groups in total. The Labute approximate surface area is 123 Å². The molecule has 3 nitrogen and oxygen atoms in total. The Morgan fingerprint density at radius 3 is 2.52 bits per heavy atom. The molecule has 0 amide bonds. The smallest absolute Gasteiger partial charge is 0.132 e. The third-order valence-electron chi connectivity index (χ3n) is 3.52. The van der Waals surface area contributed by atoms with E-state index < -0.39 is 17.7 Å². The summed E-state index contributed by atoms with van der Waals surface area (Å²) in [4.78, 5) is 0. The second kappa shape index (κ2) is 5.93. The number of rotatable bonds is 4. The van der Waals surface area contributed by atoms with Crippen molar-refractivity contribution in [3.8, 4) is 0 Å². The van der Waals surface area contributed by atoms with Crippen LogP contribution in [-0.2, 0) is 13.5 Å². The molecule has 0 saturated heterocycles. The lowest BCUT2D eigenvalue weighted by molar-refractivity contribution is 0.212. The van der Waals surface area contributed by atoms with E-state index in [1.807, 2.05) is 7.05 Å². The Bertz CT molecular complexity index is 650. The highest BCUT2D eigenvalue weighted by molar-refractivity contribution is 5.36. The maximum Gasteiger partial charge on any atom is 0.132 e. The fourth-order valence-electron chi connectivity index (χ4n) is 2.59. The van der Waals surface area contributed by atoms with Crippen molar-refractivity contribution in [3.05, 3.63) is 52.3 Å². The summed E-state index contributed by atoms with van der Waals surface area (Å²) < 4.78 is 28.6. The third-order valence-corrected chi connectivity index (χ3v) is 3.52. The number of aliphatic hydroxyl groups is 1. The number of aryl methyl sites for hydroxylation is 2. The molecule has 0 aliphatic rings. The predicted octanol–water partition coefficient (Wildman–Crippen LogP) is 3.29. The van der Waals surface area contributed by atoms with Crippen molar-refractivity contribution in [2.45, 2.75) is 33.3 Å². The topological polar surface area (TPSA) is 38.0 Å². The van der Waals surface area contributed by atoms with E-state index in [9.17, 15) is 13.9 Å². The highest BCUT2D eigenvalue weighted by Gasteiger charge is 2.24. The van der Waals surface area contributed by atoms with E-state index >= 15 is 0 Å². The quantitative estimate of drug-likeness (QED) is 0.939. The zero-order chi connectivity index (χ0) is 15.7. The van der Waals surface area contributed by atoms with Crippen LogP contribution in [0.3, 0.4) is 0 Å². The minimum Gasteiger partial charge on any atom is -0.383 e. The molecule has 0 bridgehead atoms. The Hall–Kier alpha value is -1.75. The Kier molecular flexibility index (Phi) is 4.42. The average molecular weight is 294 g/mol. The predicted molar refractivity (Wildman–Crippen MR) is 76.9 cm³/mol. The molecule has 114 valence electrons. The number of halogens is 2. The molecule has 0 radical (unpaired) electrons. The summed E-state index contributed by atoms with van der Waals surface area (Å²) in [5.41, 5.74) is 2.21. The summed E-state index contributed by atoms with van der Waals surface area (Å²) in [6.45, 7) is 5.91. The highest BCUT2D eigenvalue weighted by Crippen LogP contribution is 2.30.